The minimum atomic E-state index is -4.13. The van der Waals surface area contributed by atoms with E-state index in [1.807, 2.05) is 13.8 Å². The van der Waals surface area contributed by atoms with Gasteiger partial charge in [0.2, 0.25) is 0 Å². The number of piperidine rings is 2. The molecule has 266 valence electrons. The summed E-state index contributed by atoms with van der Waals surface area (Å²) in [7, 11) is -3.30. The third-order valence-electron chi connectivity index (χ3n) is 8.35. The summed E-state index contributed by atoms with van der Waals surface area (Å²) in [5.41, 5.74) is 0.0683. The monoisotopic (exact) mass is 689 g/mol. The summed E-state index contributed by atoms with van der Waals surface area (Å²) < 4.78 is 217. The van der Waals surface area contributed by atoms with Gasteiger partial charge in [0.1, 0.15) is 11.6 Å². The number of aryl methyl sites for hydroxylation is 1. The Hall–Kier alpha value is -3.10. The molecule has 4 heterocycles. The smallest absolute Gasteiger partial charge is 0.161 e. The average molecular weight is 689 g/mol. The maximum atomic E-state index is 13.8. The second kappa shape index (κ2) is 16.5. The van der Waals surface area contributed by atoms with E-state index in [4.69, 9.17) is 51.8 Å². The van der Waals surface area contributed by atoms with Gasteiger partial charge in [-0.2, -0.15) is 0 Å². The summed E-state index contributed by atoms with van der Waals surface area (Å²) in [4.78, 5) is 28.5. The Labute approximate surface area is 323 Å². The van der Waals surface area contributed by atoms with Gasteiger partial charge in [-0.1, -0.05) is 41.4 Å². The zero-order chi connectivity index (χ0) is 54.9. The second-order valence-corrected chi connectivity index (χ2v) is 11.8. The lowest BCUT2D eigenvalue weighted by atomic mass is 9.79. The molecule has 4 aliphatic rings. The molecule has 0 aliphatic carbocycles. The summed E-state index contributed by atoms with van der Waals surface area (Å²) >= 11 is 0. The SMILES string of the molecule is C.[2H]C([2H])([2H])Oc1cc2c(cc1OC)C([2H])([2H])C([2H])([2H])N1CC(CC(C)C)C(=O)CC21[2H].[2H]C([2H])([2H])Oc1cc2c(cc1OC)CCN1C2C([2H])([2H])C(=O)C([2H])(C([2H])([2H])C([2H])(C([2H])([2H])[2H])C([2H])([2H])C)C1([2H])[2H]. The van der Waals surface area contributed by atoms with Gasteiger partial charge in [0, 0.05) is 86.1 Å². The predicted molar refractivity (Wildman–Crippen MR) is 192 cm³/mol. The highest BCUT2D eigenvalue weighted by Crippen LogP contribution is 2.44. The van der Waals surface area contributed by atoms with Crippen molar-refractivity contribution < 1.29 is 61.4 Å². The number of methoxy groups -OCH3 is 4. The number of ether oxygens (including phenoxy) is 4. The minimum Gasteiger partial charge on any atom is -0.493 e. The Morgan fingerprint density at radius 1 is 0.979 bits per heavy atom. The zero-order valence-electron chi connectivity index (χ0n) is 50.9. The van der Waals surface area contributed by atoms with Gasteiger partial charge in [0.05, 0.1) is 37.9 Å². The molecule has 0 amide bonds. The molecular formula is C40H60N2O6. The van der Waals surface area contributed by atoms with Crippen LogP contribution in [0.1, 0.15) is 134 Å². The molecule has 0 saturated carbocycles. The van der Waals surface area contributed by atoms with Crippen molar-refractivity contribution in [2.24, 2.45) is 23.6 Å². The molecule has 5 unspecified atom stereocenters. The molecule has 0 spiro atoms. The van der Waals surface area contributed by atoms with Crippen molar-refractivity contribution >= 4 is 11.6 Å². The zero-order valence-corrected chi connectivity index (χ0v) is 26.9. The minimum absolute atomic E-state index is 0. The van der Waals surface area contributed by atoms with E-state index in [1.54, 1.807) is 0 Å². The van der Waals surface area contributed by atoms with Gasteiger partial charge in [-0.15, -0.1) is 0 Å². The molecule has 0 radical (unpaired) electrons. The van der Waals surface area contributed by atoms with Crippen LogP contribution in [0, 0.1) is 23.6 Å². The topological polar surface area (TPSA) is 77.5 Å². The van der Waals surface area contributed by atoms with Gasteiger partial charge in [-0.05, 0) is 83.9 Å². The molecule has 8 nitrogen and oxygen atoms in total. The van der Waals surface area contributed by atoms with E-state index in [1.165, 1.54) is 32.4 Å². The van der Waals surface area contributed by atoms with Crippen LogP contribution >= 0.6 is 0 Å². The van der Waals surface area contributed by atoms with Crippen LogP contribution in [-0.2, 0) is 22.4 Å². The Morgan fingerprint density at radius 2 is 1.65 bits per heavy atom. The number of benzene rings is 2. The Kier molecular flexibility index (Phi) is 5.77. The molecule has 0 N–H and O–H groups in total. The van der Waals surface area contributed by atoms with Crippen molar-refractivity contribution in [3.8, 4) is 23.0 Å². The van der Waals surface area contributed by atoms with E-state index >= 15 is 0 Å². The van der Waals surface area contributed by atoms with Crippen LogP contribution in [-0.4, -0.2) is 75.7 Å². The first-order valence-corrected chi connectivity index (χ1v) is 15.1. The molecule has 2 aromatic rings. The van der Waals surface area contributed by atoms with Gasteiger partial charge in [0.25, 0.3) is 0 Å². The van der Waals surface area contributed by atoms with Gasteiger partial charge >= 0.3 is 0 Å². The highest BCUT2D eigenvalue weighted by Gasteiger charge is 2.40. The number of carbonyl (C=O) groups excluding carboxylic acids is 2. The van der Waals surface area contributed by atoms with Crippen molar-refractivity contribution in [2.75, 3.05) is 54.4 Å². The highest BCUT2D eigenvalue weighted by atomic mass is 16.5. The average Bonchev–Trinajstić information content (AvgIpc) is 3.19. The molecule has 2 aromatic carbocycles. The summed E-state index contributed by atoms with van der Waals surface area (Å²) in [6, 6.07) is 1.00. The summed E-state index contributed by atoms with van der Waals surface area (Å²) in [5.74, 6) is -11.2. The summed E-state index contributed by atoms with van der Waals surface area (Å²) in [6.07, 6.45) is -13.2. The number of hydrogen-bond acceptors (Lipinski definition) is 8. The fourth-order valence-corrected chi connectivity index (χ4v) is 6.04. The number of nitrogens with zero attached hydrogens (tertiary/aromatic N) is 2. The van der Waals surface area contributed by atoms with Gasteiger partial charge in [-0.25, -0.2) is 0 Å². The first-order valence-electron chi connectivity index (χ1n) is 27.1. The maximum absolute atomic E-state index is 13.8. The van der Waals surface area contributed by atoms with Crippen molar-refractivity contribution in [1.29, 1.82) is 0 Å². The first kappa shape index (κ1) is 16.7. The van der Waals surface area contributed by atoms with Crippen LogP contribution in [0.4, 0.5) is 0 Å². The molecule has 6 rings (SSSR count). The Morgan fingerprint density at radius 3 is 2.27 bits per heavy atom. The van der Waals surface area contributed by atoms with E-state index in [9.17, 15) is 9.59 Å². The van der Waals surface area contributed by atoms with Crippen LogP contribution in [0.25, 0.3) is 0 Å². The van der Waals surface area contributed by atoms with Crippen LogP contribution < -0.4 is 18.9 Å². The fourth-order valence-electron chi connectivity index (χ4n) is 6.04. The fraction of sp³-hybridized carbons (Fsp3) is 0.650. The number of carbonyl (C=O) groups is 2. The lowest BCUT2D eigenvalue weighted by molar-refractivity contribution is -0.130. The lowest BCUT2D eigenvalue weighted by Crippen LogP contribution is -2.46. The standard InChI is InChI=1S/C20H29NO3.C19H27NO3.CH4/c1-5-13(2)8-15-12-21-7-6-14-9-19(23-3)20(24-4)10-16(14)17(21)11-18(15)22;1-12(2)7-14-11-20-6-5-13-8-18(22-3)19(23-4)9-15(13)16(20)10-17(14)21;/h9-10,13,15,17H,5-8,11-12H2,1-4H3;8-9,12,14,16H,5-7,10-11H2,1-4H3;1H4/i2D3,4D3,5D2,8D2,11D2,12D2,13D,15D;4D3,5D2,6D2,16D;. The maximum Gasteiger partial charge on any atom is 0.161 e. The Bertz CT molecular complexity index is 2380. The van der Waals surface area contributed by atoms with Crippen molar-refractivity contribution in [3.05, 3.63) is 46.5 Å². The molecule has 8 heteroatoms. The largest absolute Gasteiger partial charge is 0.493 e. The third-order valence-corrected chi connectivity index (χ3v) is 8.35. The van der Waals surface area contributed by atoms with Crippen LogP contribution in [0.2, 0.25) is 0 Å². The number of fused-ring (bicyclic) bond motifs is 6. The predicted octanol–water partition coefficient (Wildman–Crippen LogP) is 7.50. The molecule has 5 atom stereocenters. The first-order chi connectivity index (χ1) is 31.7. The van der Waals surface area contributed by atoms with Crippen molar-refractivity contribution in [1.82, 2.24) is 9.80 Å². The van der Waals surface area contributed by atoms with E-state index < -0.39 is 102 Å². The third kappa shape index (κ3) is 8.02. The van der Waals surface area contributed by atoms with Gasteiger partial charge in [-0.3, -0.25) is 19.4 Å². The van der Waals surface area contributed by atoms with E-state index in [2.05, 4.69) is 0 Å². The summed E-state index contributed by atoms with van der Waals surface area (Å²) in [5, 5.41) is 0. The number of Topliss-reactive ketones (excluding diaryl/α,β-unsaturated/α-hetero) is 2. The van der Waals surface area contributed by atoms with Crippen LogP contribution in [0.3, 0.4) is 0 Å². The normalized spacial score (nSPS) is 40.8. The van der Waals surface area contributed by atoms with Gasteiger partial charge < -0.3 is 18.9 Å². The van der Waals surface area contributed by atoms with Gasteiger partial charge in [0.15, 0.2) is 23.0 Å². The summed E-state index contributed by atoms with van der Waals surface area (Å²) in [6.45, 7) is -5.97. The number of hydrogen-bond donors (Lipinski definition) is 0. The lowest BCUT2D eigenvalue weighted by Gasteiger charge is -2.43. The van der Waals surface area contributed by atoms with Crippen LogP contribution in [0.15, 0.2) is 24.3 Å². The Balaban J connectivity index is 0.000000318. The molecule has 0 bridgehead atoms. The molecule has 2 fully saturated rings. The molecule has 0 aromatic heterocycles. The molecule has 48 heavy (non-hydrogen) atoms. The van der Waals surface area contributed by atoms with E-state index in [0.717, 1.165) is 11.0 Å². The van der Waals surface area contributed by atoms with Crippen molar-refractivity contribution in [3.63, 3.8) is 0 Å². The molecule has 4 aliphatic heterocycles. The quantitative estimate of drug-likeness (QED) is 0.268. The van der Waals surface area contributed by atoms with Crippen molar-refractivity contribution in [2.45, 2.75) is 91.9 Å². The second-order valence-electron chi connectivity index (χ2n) is 11.8. The van der Waals surface area contributed by atoms with E-state index in [0.29, 0.717) is 23.8 Å². The molecule has 2 saturated heterocycles. The molecular weight excluding hydrogens is 604 g/mol. The van der Waals surface area contributed by atoms with Crippen LogP contribution in [0.5, 0.6) is 23.0 Å². The van der Waals surface area contributed by atoms with E-state index in [-0.39, 0.29) is 78.2 Å². The number of ketones is 2. The number of rotatable bonds is 9. The highest BCUT2D eigenvalue weighted by molar-refractivity contribution is 5.83.